The van der Waals surface area contributed by atoms with E-state index in [1.54, 1.807) is 36.5 Å². The molecule has 1 amide bonds. The van der Waals surface area contributed by atoms with Crippen molar-refractivity contribution in [3.05, 3.63) is 75.6 Å². The van der Waals surface area contributed by atoms with Crippen molar-refractivity contribution in [3.63, 3.8) is 0 Å². The molecule has 42 heavy (non-hydrogen) atoms. The summed E-state index contributed by atoms with van der Waals surface area (Å²) in [6.45, 7) is -0.131. The van der Waals surface area contributed by atoms with Crippen LogP contribution in [0, 0.1) is 0 Å². The summed E-state index contributed by atoms with van der Waals surface area (Å²) < 4.78 is 37.7. The molecule has 218 valence electrons. The van der Waals surface area contributed by atoms with Gasteiger partial charge in [0.25, 0.3) is 5.91 Å². The molecule has 4 N–H and O–H groups in total. The van der Waals surface area contributed by atoms with Gasteiger partial charge in [0.2, 0.25) is 11.4 Å². The molecule has 15 heteroatoms. The predicted molar refractivity (Wildman–Crippen MR) is 156 cm³/mol. The average Bonchev–Trinajstić information content (AvgIpc) is 3.13. The van der Waals surface area contributed by atoms with E-state index in [1.165, 1.54) is 19.2 Å². The Bertz CT molecular complexity index is 1660. The topological polar surface area (TPSA) is 164 Å². The SMILES string of the molecule is CO.[B]C(O)(O)c1ccc(-c2ccc3cnc(CNC(=O)c4cc(Br)c5c(c4)S(=O)C(F)COC5)cc3n2)c(OC)n1. The van der Waals surface area contributed by atoms with Crippen LogP contribution >= 0.6 is 15.9 Å². The van der Waals surface area contributed by atoms with E-state index in [1.807, 2.05) is 0 Å². The van der Waals surface area contributed by atoms with Gasteiger partial charge >= 0.3 is 0 Å². The van der Waals surface area contributed by atoms with Crippen molar-refractivity contribution in [2.24, 2.45) is 0 Å². The van der Waals surface area contributed by atoms with E-state index in [0.29, 0.717) is 32.5 Å². The number of benzene rings is 1. The molecule has 0 aliphatic carbocycles. The number of ether oxygens (including phenoxy) is 2. The molecule has 1 aliphatic rings. The number of aliphatic hydroxyl groups excluding tert-OH is 1. The van der Waals surface area contributed by atoms with Gasteiger partial charge in [0.1, 0.15) is 0 Å². The van der Waals surface area contributed by atoms with Gasteiger partial charge in [-0.3, -0.25) is 14.0 Å². The van der Waals surface area contributed by atoms with Gasteiger partial charge < -0.3 is 30.1 Å². The molecule has 2 radical (unpaired) electrons. The zero-order valence-corrected chi connectivity index (χ0v) is 24.8. The Morgan fingerprint density at radius 1 is 1.24 bits per heavy atom. The van der Waals surface area contributed by atoms with Gasteiger partial charge in [0.05, 0.1) is 65.8 Å². The second kappa shape index (κ2) is 13.3. The van der Waals surface area contributed by atoms with Crippen LogP contribution in [-0.2, 0) is 34.4 Å². The molecule has 0 spiro atoms. The quantitative estimate of drug-likeness (QED) is 0.178. The molecule has 0 saturated carbocycles. The highest BCUT2D eigenvalue weighted by molar-refractivity contribution is 9.10. The Morgan fingerprint density at radius 3 is 2.71 bits per heavy atom. The third-order valence-corrected chi connectivity index (χ3v) is 8.23. The number of nitrogens with one attached hydrogen (secondary N) is 1. The number of fused-ring (bicyclic) bond motifs is 2. The summed E-state index contributed by atoms with van der Waals surface area (Å²) in [4.78, 5) is 26.3. The molecular formula is C27H25BBrFN4O7S. The fourth-order valence-electron chi connectivity index (χ4n) is 4.09. The van der Waals surface area contributed by atoms with Gasteiger partial charge in [0, 0.05) is 39.2 Å². The molecule has 11 nitrogen and oxygen atoms in total. The maximum Gasteiger partial charge on any atom is 0.251 e. The number of hydrogen-bond donors (Lipinski definition) is 4. The fraction of sp³-hybridized carbons (Fsp3) is 0.259. The summed E-state index contributed by atoms with van der Waals surface area (Å²) in [7, 11) is 5.73. The summed E-state index contributed by atoms with van der Waals surface area (Å²) in [6, 6.07) is 11.2. The van der Waals surface area contributed by atoms with Crippen LogP contribution in [0.2, 0.25) is 0 Å². The summed E-state index contributed by atoms with van der Waals surface area (Å²) in [5.41, 5.74) is -1.64. The predicted octanol–water partition coefficient (Wildman–Crippen LogP) is 2.20. The highest BCUT2D eigenvalue weighted by Gasteiger charge is 2.27. The first kappa shape index (κ1) is 31.6. The van der Waals surface area contributed by atoms with Crippen molar-refractivity contribution < 1.29 is 38.2 Å². The summed E-state index contributed by atoms with van der Waals surface area (Å²) >= 11 is 3.37. The van der Waals surface area contributed by atoms with Crippen LogP contribution in [0.5, 0.6) is 5.88 Å². The molecular weight excluding hydrogens is 634 g/mol. The lowest BCUT2D eigenvalue weighted by Gasteiger charge is -2.18. The number of nitrogens with zero attached hydrogens (tertiary/aromatic N) is 3. The number of carbonyl (C=O) groups excluding carboxylic acids is 1. The van der Waals surface area contributed by atoms with E-state index in [9.17, 15) is 23.6 Å². The first-order valence-corrected chi connectivity index (χ1v) is 14.3. The van der Waals surface area contributed by atoms with Gasteiger partial charge in [-0.05, 0) is 42.5 Å². The summed E-state index contributed by atoms with van der Waals surface area (Å²) in [5.74, 6) is -0.355. The first-order valence-electron chi connectivity index (χ1n) is 12.3. The molecule has 3 aromatic heterocycles. The van der Waals surface area contributed by atoms with E-state index in [0.717, 1.165) is 12.5 Å². The Hall–Kier alpha value is -3.34. The number of hydrogen-bond acceptors (Lipinski definition) is 10. The van der Waals surface area contributed by atoms with Crippen LogP contribution in [0.3, 0.4) is 0 Å². The van der Waals surface area contributed by atoms with Gasteiger partial charge in [0.15, 0.2) is 13.5 Å². The second-order valence-corrected chi connectivity index (χ2v) is 11.3. The van der Waals surface area contributed by atoms with E-state index >= 15 is 0 Å². The number of carbonyl (C=O) groups is 1. The Kier molecular flexibility index (Phi) is 10.0. The number of amides is 1. The molecule has 4 aromatic rings. The smallest absolute Gasteiger partial charge is 0.251 e. The van der Waals surface area contributed by atoms with Crippen LogP contribution in [-0.4, -0.2) is 74.6 Å². The van der Waals surface area contributed by atoms with Crippen molar-refractivity contribution in [1.82, 2.24) is 20.3 Å². The van der Waals surface area contributed by atoms with E-state index in [4.69, 9.17) is 22.4 Å². The number of halogens is 2. The van der Waals surface area contributed by atoms with Gasteiger partial charge in [-0.1, -0.05) is 15.9 Å². The van der Waals surface area contributed by atoms with Crippen LogP contribution < -0.4 is 10.1 Å². The zero-order valence-electron chi connectivity index (χ0n) is 22.4. The van der Waals surface area contributed by atoms with E-state index in [2.05, 4.69) is 36.2 Å². The van der Waals surface area contributed by atoms with E-state index < -0.39 is 27.9 Å². The van der Waals surface area contributed by atoms with Crippen molar-refractivity contribution in [2.45, 2.75) is 29.2 Å². The molecule has 4 heterocycles. The second-order valence-electron chi connectivity index (χ2n) is 8.88. The summed E-state index contributed by atoms with van der Waals surface area (Å²) in [5, 5.41) is 29.8. The Balaban J connectivity index is 0.00000198. The molecule has 0 bridgehead atoms. The van der Waals surface area contributed by atoms with Crippen molar-refractivity contribution in [2.75, 3.05) is 20.8 Å². The number of aliphatic hydroxyl groups is 3. The molecule has 1 aromatic carbocycles. The summed E-state index contributed by atoms with van der Waals surface area (Å²) in [6.07, 6.45) is 1.62. The maximum absolute atomic E-state index is 14.1. The Morgan fingerprint density at radius 2 is 2.00 bits per heavy atom. The minimum Gasteiger partial charge on any atom is -0.480 e. The van der Waals surface area contributed by atoms with Crippen LogP contribution in [0.15, 0.2) is 58.0 Å². The normalized spacial score (nSPS) is 16.5. The molecule has 2 atom stereocenters. The number of methoxy groups -OCH3 is 1. The molecule has 5 rings (SSSR count). The van der Waals surface area contributed by atoms with Crippen molar-refractivity contribution in [3.8, 4) is 17.1 Å². The lowest BCUT2D eigenvalue weighted by atomic mass is 9.91. The van der Waals surface area contributed by atoms with E-state index in [-0.39, 0.29) is 41.8 Å². The lowest BCUT2D eigenvalue weighted by Crippen LogP contribution is -2.26. The monoisotopic (exact) mass is 658 g/mol. The third kappa shape index (κ3) is 6.82. The minimum absolute atomic E-state index is 0.0679. The molecule has 1 aliphatic heterocycles. The maximum atomic E-state index is 14.1. The van der Waals surface area contributed by atoms with Crippen molar-refractivity contribution >= 4 is 51.4 Å². The number of rotatable bonds is 6. The van der Waals surface area contributed by atoms with Crippen LogP contribution in [0.1, 0.15) is 27.3 Å². The zero-order chi connectivity index (χ0) is 30.6. The third-order valence-electron chi connectivity index (χ3n) is 6.13. The minimum atomic E-state index is -2.62. The highest BCUT2D eigenvalue weighted by Crippen LogP contribution is 2.32. The largest absolute Gasteiger partial charge is 0.480 e. The average molecular weight is 659 g/mol. The fourth-order valence-corrected chi connectivity index (χ4v) is 5.94. The van der Waals surface area contributed by atoms with Crippen LogP contribution in [0.4, 0.5) is 4.39 Å². The first-order chi connectivity index (χ1) is 20.0. The number of aromatic nitrogens is 3. The highest BCUT2D eigenvalue weighted by atomic mass is 79.9. The number of alkyl halides is 1. The molecule has 2 unspecified atom stereocenters. The lowest BCUT2D eigenvalue weighted by molar-refractivity contribution is -0.0945. The molecule has 0 fully saturated rings. The number of pyridine rings is 3. The van der Waals surface area contributed by atoms with Gasteiger partial charge in [-0.2, -0.15) is 0 Å². The van der Waals surface area contributed by atoms with Gasteiger partial charge in [-0.25, -0.2) is 14.4 Å². The van der Waals surface area contributed by atoms with Crippen LogP contribution in [0.25, 0.3) is 22.2 Å². The molecule has 0 saturated heterocycles. The standard InChI is InChI=1S/C26H21BBrFN4O6S.CH4O/c1-38-25-16(3-5-22(33-25)26(27,35)36)19-4-2-13-9-30-15(8-20(13)32-19)10-31-24(34)14-6-18(28)17-11-39-12-23(29)40(37)21(17)7-14;1-2/h2-9,23,35-36H,10-12H2,1H3,(H,31,34);2H,1H3. The Labute approximate surface area is 252 Å². The van der Waals surface area contributed by atoms with Gasteiger partial charge in [-0.15, -0.1) is 0 Å². The van der Waals surface area contributed by atoms with Crippen molar-refractivity contribution in [1.29, 1.82) is 0 Å².